The molecule has 2 heterocycles. The Morgan fingerprint density at radius 3 is 2.62 bits per heavy atom. The number of hydrogen-bond acceptors (Lipinski definition) is 5. The third-order valence-corrected chi connectivity index (χ3v) is 5.15. The third-order valence-electron chi connectivity index (χ3n) is 3.64. The molecule has 0 aromatic carbocycles. The van der Waals surface area contributed by atoms with Crippen molar-refractivity contribution in [3.63, 3.8) is 0 Å². The first-order valence-electron chi connectivity index (χ1n) is 7.42. The standard InChI is InChI=1S/C14H24N4O2S/c1-3-8-15-14-5-4-13(11-16-14)21(19,20)17-12-6-9-18(2)10-7-12/h4-5,11-12,17H,3,6-10H2,1-2H3,(H,15,16). The maximum absolute atomic E-state index is 12.3. The molecule has 2 N–H and O–H groups in total. The summed E-state index contributed by atoms with van der Waals surface area (Å²) in [5, 5.41) is 3.13. The lowest BCUT2D eigenvalue weighted by atomic mass is 10.1. The van der Waals surface area contributed by atoms with Crippen LogP contribution in [0.3, 0.4) is 0 Å². The molecule has 2 rings (SSSR count). The quantitative estimate of drug-likeness (QED) is 0.827. The molecule has 6 nitrogen and oxygen atoms in total. The maximum Gasteiger partial charge on any atom is 0.242 e. The number of nitrogens with one attached hydrogen (secondary N) is 2. The maximum atomic E-state index is 12.3. The van der Waals surface area contributed by atoms with Gasteiger partial charge >= 0.3 is 0 Å². The molecule has 21 heavy (non-hydrogen) atoms. The molecule has 0 radical (unpaired) electrons. The lowest BCUT2D eigenvalue weighted by Gasteiger charge is -2.29. The summed E-state index contributed by atoms with van der Waals surface area (Å²) in [5.74, 6) is 0.704. The summed E-state index contributed by atoms with van der Waals surface area (Å²) >= 11 is 0. The van der Waals surface area contributed by atoms with Gasteiger partial charge in [-0.25, -0.2) is 18.1 Å². The van der Waals surface area contributed by atoms with E-state index in [1.54, 1.807) is 12.1 Å². The fourth-order valence-electron chi connectivity index (χ4n) is 2.31. The summed E-state index contributed by atoms with van der Waals surface area (Å²) in [6, 6.07) is 3.32. The number of pyridine rings is 1. The van der Waals surface area contributed by atoms with Crippen LogP contribution in [0.2, 0.25) is 0 Å². The van der Waals surface area contributed by atoms with Crippen molar-refractivity contribution < 1.29 is 8.42 Å². The third kappa shape index (κ3) is 4.66. The van der Waals surface area contributed by atoms with E-state index in [4.69, 9.17) is 0 Å². The predicted molar refractivity (Wildman–Crippen MR) is 83.9 cm³/mol. The molecule has 0 aliphatic carbocycles. The van der Waals surface area contributed by atoms with Crippen LogP contribution in [0.5, 0.6) is 0 Å². The Morgan fingerprint density at radius 1 is 1.33 bits per heavy atom. The molecule has 0 saturated carbocycles. The van der Waals surface area contributed by atoms with E-state index >= 15 is 0 Å². The van der Waals surface area contributed by atoms with Gasteiger partial charge in [0, 0.05) is 18.8 Å². The van der Waals surface area contributed by atoms with Crippen LogP contribution in [0.1, 0.15) is 26.2 Å². The molecule has 0 amide bonds. The van der Waals surface area contributed by atoms with Gasteiger partial charge in [-0.05, 0) is 51.5 Å². The van der Waals surface area contributed by atoms with Gasteiger partial charge in [-0.1, -0.05) is 6.92 Å². The van der Waals surface area contributed by atoms with Crippen LogP contribution < -0.4 is 10.0 Å². The Labute approximate surface area is 127 Å². The van der Waals surface area contributed by atoms with Gasteiger partial charge in [-0.2, -0.15) is 0 Å². The van der Waals surface area contributed by atoms with Crippen LogP contribution in [0.15, 0.2) is 23.2 Å². The summed E-state index contributed by atoms with van der Waals surface area (Å²) in [6.07, 6.45) is 4.10. The van der Waals surface area contributed by atoms with Crippen molar-refractivity contribution in [2.75, 3.05) is 32.0 Å². The highest BCUT2D eigenvalue weighted by molar-refractivity contribution is 7.89. The van der Waals surface area contributed by atoms with Gasteiger partial charge < -0.3 is 10.2 Å². The van der Waals surface area contributed by atoms with Crippen LogP contribution in [-0.4, -0.2) is 51.0 Å². The summed E-state index contributed by atoms with van der Waals surface area (Å²) in [7, 11) is -1.42. The molecule has 1 aromatic heterocycles. The molecule has 1 fully saturated rings. The number of sulfonamides is 1. The minimum atomic E-state index is -3.47. The Bertz CT molecular complexity index is 537. The van der Waals surface area contributed by atoms with E-state index in [-0.39, 0.29) is 10.9 Å². The zero-order valence-corrected chi connectivity index (χ0v) is 13.5. The molecule has 1 saturated heterocycles. The molecule has 0 spiro atoms. The summed E-state index contributed by atoms with van der Waals surface area (Å²) in [4.78, 5) is 6.58. The number of likely N-dealkylation sites (tertiary alicyclic amines) is 1. The second-order valence-corrected chi connectivity index (χ2v) is 7.22. The van der Waals surface area contributed by atoms with Gasteiger partial charge in [0.25, 0.3) is 0 Å². The minimum Gasteiger partial charge on any atom is -0.370 e. The monoisotopic (exact) mass is 312 g/mol. The summed E-state index contributed by atoms with van der Waals surface area (Å²) < 4.78 is 27.4. The first-order valence-corrected chi connectivity index (χ1v) is 8.90. The van der Waals surface area contributed by atoms with Crippen molar-refractivity contribution in [3.05, 3.63) is 18.3 Å². The second-order valence-electron chi connectivity index (χ2n) is 5.50. The van der Waals surface area contributed by atoms with Gasteiger partial charge in [0.1, 0.15) is 10.7 Å². The van der Waals surface area contributed by atoms with Crippen molar-refractivity contribution in [1.82, 2.24) is 14.6 Å². The van der Waals surface area contributed by atoms with Gasteiger partial charge in [0.15, 0.2) is 0 Å². The van der Waals surface area contributed by atoms with Crippen molar-refractivity contribution in [1.29, 1.82) is 0 Å². The van der Waals surface area contributed by atoms with Crippen molar-refractivity contribution in [2.45, 2.75) is 37.1 Å². The number of piperidine rings is 1. The Balaban J connectivity index is 1.98. The normalized spacial score (nSPS) is 17.8. The molecular formula is C14H24N4O2S. The van der Waals surface area contributed by atoms with E-state index in [0.717, 1.165) is 38.9 Å². The van der Waals surface area contributed by atoms with Gasteiger partial charge in [0.05, 0.1) is 0 Å². The highest BCUT2D eigenvalue weighted by atomic mass is 32.2. The Hall–Kier alpha value is -1.18. The zero-order valence-electron chi connectivity index (χ0n) is 12.7. The van der Waals surface area contributed by atoms with Crippen LogP contribution in [0.4, 0.5) is 5.82 Å². The molecule has 1 aliphatic rings. The fourth-order valence-corrected chi connectivity index (χ4v) is 3.56. The van der Waals surface area contributed by atoms with Gasteiger partial charge in [-0.15, -0.1) is 0 Å². The zero-order chi connectivity index (χ0) is 15.3. The Morgan fingerprint density at radius 2 is 2.05 bits per heavy atom. The smallest absolute Gasteiger partial charge is 0.242 e. The Kier molecular flexibility index (Phi) is 5.55. The number of anilines is 1. The van der Waals surface area contributed by atoms with E-state index in [1.807, 2.05) is 0 Å². The van der Waals surface area contributed by atoms with Crippen LogP contribution in [0.25, 0.3) is 0 Å². The lowest BCUT2D eigenvalue weighted by Crippen LogP contribution is -2.43. The molecule has 0 bridgehead atoms. The SMILES string of the molecule is CCCNc1ccc(S(=O)(=O)NC2CCN(C)CC2)cn1. The summed E-state index contributed by atoms with van der Waals surface area (Å²) in [6.45, 7) is 4.74. The average Bonchev–Trinajstić information content (AvgIpc) is 2.48. The molecular weight excluding hydrogens is 288 g/mol. The van der Waals surface area contributed by atoms with Crippen LogP contribution in [0, 0.1) is 0 Å². The first-order chi connectivity index (χ1) is 10.0. The second kappa shape index (κ2) is 7.20. The number of nitrogens with zero attached hydrogens (tertiary/aromatic N) is 2. The van der Waals surface area contributed by atoms with Crippen LogP contribution >= 0.6 is 0 Å². The van der Waals surface area contributed by atoms with Crippen molar-refractivity contribution in [2.24, 2.45) is 0 Å². The van der Waals surface area contributed by atoms with E-state index in [1.165, 1.54) is 6.20 Å². The van der Waals surface area contributed by atoms with E-state index in [2.05, 4.69) is 33.9 Å². The molecule has 0 unspecified atom stereocenters. The molecule has 118 valence electrons. The highest BCUT2D eigenvalue weighted by Crippen LogP contribution is 2.15. The van der Waals surface area contributed by atoms with E-state index in [0.29, 0.717) is 5.82 Å². The first kappa shape index (κ1) is 16.2. The average molecular weight is 312 g/mol. The summed E-state index contributed by atoms with van der Waals surface area (Å²) in [5.41, 5.74) is 0. The number of rotatable bonds is 6. The van der Waals surface area contributed by atoms with Gasteiger partial charge in [-0.3, -0.25) is 0 Å². The van der Waals surface area contributed by atoms with Crippen molar-refractivity contribution in [3.8, 4) is 0 Å². The predicted octanol–water partition coefficient (Wildman–Crippen LogP) is 1.28. The number of aromatic nitrogens is 1. The fraction of sp³-hybridized carbons (Fsp3) is 0.643. The van der Waals surface area contributed by atoms with Crippen molar-refractivity contribution >= 4 is 15.8 Å². The van der Waals surface area contributed by atoms with E-state index in [9.17, 15) is 8.42 Å². The number of hydrogen-bond donors (Lipinski definition) is 2. The molecule has 1 aliphatic heterocycles. The lowest BCUT2D eigenvalue weighted by molar-refractivity contribution is 0.248. The largest absolute Gasteiger partial charge is 0.370 e. The minimum absolute atomic E-state index is 0.0177. The topological polar surface area (TPSA) is 74.3 Å². The van der Waals surface area contributed by atoms with Crippen LogP contribution in [-0.2, 0) is 10.0 Å². The molecule has 1 aromatic rings. The van der Waals surface area contributed by atoms with Gasteiger partial charge in [0.2, 0.25) is 10.0 Å². The molecule has 7 heteroatoms. The van der Waals surface area contributed by atoms with E-state index < -0.39 is 10.0 Å². The molecule has 0 atom stereocenters. The highest BCUT2D eigenvalue weighted by Gasteiger charge is 2.23.